The van der Waals surface area contributed by atoms with E-state index in [4.69, 9.17) is 22.1 Å². The summed E-state index contributed by atoms with van der Waals surface area (Å²) in [6.07, 6.45) is 6.50. The normalized spacial score (nSPS) is 22.7. The zero-order valence-electron chi connectivity index (χ0n) is 11.1. The van der Waals surface area contributed by atoms with Crippen LogP contribution in [0.1, 0.15) is 25.7 Å². The second-order valence-corrected chi connectivity index (χ2v) is 6.07. The number of nitrogen functional groups attached to an aromatic ring is 1. The molecule has 5 heteroatoms. The van der Waals surface area contributed by atoms with E-state index in [9.17, 15) is 0 Å². The van der Waals surface area contributed by atoms with Crippen molar-refractivity contribution in [2.24, 2.45) is 5.41 Å². The number of rotatable bonds is 1. The zero-order chi connectivity index (χ0) is 13.3. The number of aromatic nitrogens is 1. The summed E-state index contributed by atoms with van der Waals surface area (Å²) in [7, 11) is 0. The van der Waals surface area contributed by atoms with Gasteiger partial charge in [0.25, 0.3) is 0 Å². The monoisotopic (exact) mass is 281 g/mol. The minimum absolute atomic E-state index is 0.507. The molecule has 0 unspecified atom stereocenters. The van der Waals surface area contributed by atoms with Gasteiger partial charge in [-0.2, -0.15) is 0 Å². The lowest BCUT2D eigenvalue weighted by molar-refractivity contribution is 0.00206. The molecule has 104 valence electrons. The van der Waals surface area contributed by atoms with E-state index >= 15 is 0 Å². The molecule has 19 heavy (non-hydrogen) atoms. The molecule has 2 N–H and O–H groups in total. The van der Waals surface area contributed by atoms with Crippen LogP contribution in [0.4, 0.5) is 11.5 Å². The Labute approximate surface area is 118 Å². The predicted octanol–water partition coefficient (Wildman–Crippen LogP) is 2.71. The minimum atomic E-state index is 0.507. The summed E-state index contributed by atoms with van der Waals surface area (Å²) in [6.45, 7) is 3.94. The first-order valence-electron chi connectivity index (χ1n) is 6.92. The predicted molar refractivity (Wildman–Crippen MR) is 77.6 cm³/mol. The highest BCUT2D eigenvalue weighted by Crippen LogP contribution is 2.41. The van der Waals surface area contributed by atoms with Crippen LogP contribution in [0.3, 0.4) is 0 Å². The van der Waals surface area contributed by atoms with E-state index in [1.165, 1.54) is 25.7 Å². The number of nitrogens with two attached hydrogens (primary N) is 1. The van der Waals surface area contributed by atoms with E-state index in [0.29, 0.717) is 16.1 Å². The van der Waals surface area contributed by atoms with Gasteiger partial charge in [0, 0.05) is 38.6 Å². The molecule has 2 saturated heterocycles. The lowest BCUT2D eigenvalue weighted by Crippen LogP contribution is -2.43. The molecule has 2 aliphatic heterocycles. The average molecular weight is 282 g/mol. The Bertz CT molecular complexity index is 450. The molecule has 0 bridgehead atoms. The Balaban J connectivity index is 1.67. The number of hydrogen-bond donors (Lipinski definition) is 1. The number of piperidine rings is 1. The molecular formula is C14H20ClN3O. The van der Waals surface area contributed by atoms with Gasteiger partial charge in [-0.15, -0.1) is 0 Å². The summed E-state index contributed by atoms with van der Waals surface area (Å²) in [5, 5.41) is 0.529. The molecule has 1 spiro atoms. The van der Waals surface area contributed by atoms with Crippen LogP contribution in [0.5, 0.6) is 0 Å². The average Bonchev–Trinajstić information content (AvgIpc) is 2.44. The first-order valence-corrected chi connectivity index (χ1v) is 7.30. The Morgan fingerprint density at radius 3 is 2.53 bits per heavy atom. The fraction of sp³-hybridized carbons (Fsp3) is 0.643. The van der Waals surface area contributed by atoms with Crippen LogP contribution in [-0.2, 0) is 4.74 Å². The largest absolute Gasteiger partial charge is 0.397 e. The van der Waals surface area contributed by atoms with Gasteiger partial charge < -0.3 is 15.4 Å². The Hall–Kier alpha value is -1.00. The number of ether oxygens (including phenoxy) is 1. The van der Waals surface area contributed by atoms with Gasteiger partial charge in [-0.1, -0.05) is 11.6 Å². The third kappa shape index (κ3) is 2.65. The van der Waals surface area contributed by atoms with Gasteiger partial charge in [-0.25, -0.2) is 4.98 Å². The highest BCUT2D eigenvalue weighted by molar-refractivity contribution is 6.32. The second-order valence-electron chi connectivity index (χ2n) is 5.66. The van der Waals surface area contributed by atoms with Crippen molar-refractivity contribution in [3.8, 4) is 0 Å². The van der Waals surface area contributed by atoms with Gasteiger partial charge in [-0.05, 0) is 31.1 Å². The van der Waals surface area contributed by atoms with Gasteiger partial charge >= 0.3 is 0 Å². The molecule has 0 radical (unpaired) electrons. The maximum absolute atomic E-state index is 5.92. The van der Waals surface area contributed by atoms with Crippen molar-refractivity contribution < 1.29 is 4.74 Å². The number of nitrogens with zero attached hydrogens (tertiary/aromatic N) is 2. The fourth-order valence-electron chi connectivity index (χ4n) is 3.13. The molecule has 3 heterocycles. The van der Waals surface area contributed by atoms with E-state index in [1.54, 1.807) is 6.20 Å². The molecule has 1 aromatic rings. The van der Waals surface area contributed by atoms with Gasteiger partial charge in [0.15, 0.2) is 0 Å². The van der Waals surface area contributed by atoms with Gasteiger partial charge in [0.1, 0.15) is 5.82 Å². The molecule has 0 amide bonds. The van der Waals surface area contributed by atoms with Crippen molar-refractivity contribution in [2.45, 2.75) is 25.7 Å². The summed E-state index contributed by atoms with van der Waals surface area (Å²) in [5.74, 6) is 0.948. The number of hydrogen-bond acceptors (Lipinski definition) is 4. The molecule has 2 fully saturated rings. The molecular weight excluding hydrogens is 262 g/mol. The quantitative estimate of drug-likeness (QED) is 0.860. The maximum Gasteiger partial charge on any atom is 0.130 e. The molecule has 0 saturated carbocycles. The third-order valence-corrected chi connectivity index (χ3v) is 4.89. The van der Waals surface area contributed by atoms with Crippen LogP contribution in [0, 0.1) is 5.41 Å². The molecule has 2 aliphatic rings. The highest BCUT2D eigenvalue weighted by Gasteiger charge is 2.36. The van der Waals surface area contributed by atoms with E-state index in [0.717, 1.165) is 32.1 Å². The van der Waals surface area contributed by atoms with Gasteiger partial charge in [0.2, 0.25) is 0 Å². The number of anilines is 2. The minimum Gasteiger partial charge on any atom is -0.397 e. The maximum atomic E-state index is 5.92. The first kappa shape index (κ1) is 13.0. The lowest BCUT2D eigenvalue weighted by atomic mass is 9.72. The standard InChI is InChI=1S/C14H20ClN3O/c15-11-10-17-13(9-12(11)16)18-5-1-14(2-6-18)3-7-19-8-4-14/h9-10H,1-8H2,(H2,16,17). The Kier molecular flexibility index (Phi) is 3.54. The first-order chi connectivity index (χ1) is 9.19. The van der Waals surface area contributed by atoms with Crippen LogP contribution in [0.15, 0.2) is 12.3 Å². The van der Waals surface area contributed by atoms with Crippen LogP contribution < -0.4 is 10.6 Å². The van der Waals surface area contributed by atoms with E-state index in [2.05, 4.69) is 9.88 Å². The summed E-state index contributed by atoms with van der Waals surface area (Å²) in [5.41, 5.74) is 6.96. The van der Waals surface area contributed by atoms with Crippen molar-refractivity contribution in [3.63, 3.8) is 0 Å². The van der Waals surface area contributed by atoms with E-state index in [-0.39, 0.29) is 0 Å². The Morgan fingerprint density at radius 2 is 1.89 bits per heavy atom. The second kappa shape index (κ2) is 5.17. The van der Waals surface area contributed by atoms with Crippen LogP contribution in [0.25, 0.3) is 0 Å². The Morgan fingerprint density at radius 1 is 1.21 bits per heavy atom. The molecule has 0 aliphatic carbocycles. The highest BCUT2D eigenvalue weighted by atomic mass is 35.5. The summed E-state index contributed by atoms with van der Waals surface area (Å²) in [4.78, 5) is 6.70. The van der Waals surface area contributed by atoms with Crippen molar-refractivity contribution in [3.05, 3.63) is 17.3 Å². The SMILES string of the molecule is Nc1cc(N2CCC3(CCOCC3)CC2)ncc1Cl. The smallest absolute Gasteiger partial charge is 0.130 e. The molecule has 0 atom stereocenters. The topological polar surface area (TPSA) is 51.4 Å². The van der Waals surface area contributed by atoms with Crippen LogP contribution in [0.2, 0.25) is 5.02 Å². The molecule has 0 aromatic carbocycles. The fourth-order valence-corrected chi connectivity index (χ4v) is 3.23. The van der Waals surface area contributed by atoms with Crippen molar-refractivity contribution >= 4 is 23.1 Å². The number of halogens is 1. The summed E-state index contributed by atoms with van der Waals surface area (Å²) in [6, 6.07) is 1.88. The summed E-state index contributed by atoms with van der Waals surface area (Å²) < 4.78 is 5.48. The molecule has 3 rings (SSSR count). The van der Waals surface area contributed by atoms with E-state index in [1.807, 2.05) is 6.07 Å². The zero-order valence-corrected chi connectivity index (χ0v) is 11.8. The van der Waals surface area contributed by atoms with Crippen molar-refractivity contribution in [1.82, 2.24) is 4.98 Å². The van der Waals surface area contributed by atoms with Crippen LogP contribution >= 0.6 is 11.6 Å². The van der Waals surface area contributed by atoms with Crippen molar-refractivity contribution in [1.29, 1.82) is 0 Å². The molecule has 4 nitrogen and oxygen atoms in total. The van der Waals surface area contributed by atoms with Crippen LogP contribution in [-0.4, -0.2) is 31.3 Å². The van der Waals surface area contributed by atoms with Crippen molar-refractivity contribution in [2.75, 3.05) is 36.9 Å². The van der Waals surface area contributed by atoms with Gasteiger partial charge in [-0.3, -0.25) is 0 Å². The third-order valence-electron chi connectivity index (χ3n) is 4.57. The number of pyridine rings is 1. The summed E-state index contributed by atoms with van der Waals surface area (Å²) >= 11 is 5.92. The van der Waals surface area contributed by atoms with E-state index < -0.39 is 0 Å². The molecule has 1 aromatic heterocycles. The lowest BCUT2D eigenvalue weighted by Gasteiger charge is -2.44. The van der Waals surface area contributed by atoms with Gasteiger partial charge in [0.05, 0.1) is 10.7 Å².